The van der Waals surface area contributed by atoms with Crippen LogP contribution in [0, 0.1) is 11.2 Å². The van der Waals surface area contributed by atoms with Crippen LogP contribution in [0.4, 0.5) is 4.39 Å². The number of rotatable bonds is 8. The lowest BCUT2D eigenvalue weighted by Crippen LogP contribution is -2.57. The Morgan fingerprint density at radius 3 is 2.92 bits per heavy atom. The van der Waals surface area contributed by atoms with E-state index in [9.17, 15) is 19.4 Å². The molecule has 134 valence electrons. The quantitative estimate of drug-likeness (QED) is 0.708. The van der Waals surface area contributed by atoms with Gasteiger partial charge in [0.25, 0.3) is 0 Å². The molecule has 5 nitrogen and oxygen atoms in total. The van der Waals surface area contributed by atoms with Crippen molar-refractivity contribution in [2.24, 2.45) is 5.41 Å². The molecule has 24 heavy (non-hydrogen) atoms. The summed E-state index contributed by atoms with van der Waals surface area (Å²) in [6, 6.07) is 5.95. The molecule has 0 amide bonds. The van der Waals surface area contributed by atoms with Crippen molar-refractivity contribution < 1.29 is 24.1 Å². The largest absolute Gasteiger partial charge is 0.481 e. The van der Waals surface area contributed by atoms with Gasteiger partial charge in [-0.15, -0.1) is 0 Å². The minimum atomic E-state index is -1.30. The highest BCUT2D eigenvalue weighted by Crippen LogP contribution is 2.35. The molecule has 1 aromatic rings. The number of aliphatic hydroxyl groups excluding tert-OH is 1. The monoisotopic (exact) mass is 339 g/mol. The molecule has 0 aromatic heterocycles. The first-order valence-electron chi connectivity index (χ1n) is 8.35. The summed E-state index contributed by atoms with van der Waals surface area (Å²) in [4.78, 5) is 14.1. The lowest BCUT2D eigenvalue weighted by molar-refractivity contribution is -0.163. The molecule has 6 heteroatoms. The molecule has 0 radical (unpaired) electrons. The molecule has 1 aromatic carbocycles. The van der Waals surface area contributed by atoms with E-state index in [1.807, 2.05) is 0 Å². The van der Waals surface area contributed by atoms with Crippen LogP contribution >= 0.6 is 0 Å². The van der Waals surface area contributed by atoms with Gasteiger partial charge in [-0.25, -0.2) is 4.39 Å². The van der Waals surface area contributed by atoms with Crippen LogP contribution in [0.25, 0.3) is 0 Å². The molecule has 1 aliphatic heterocycles. The van der Waals surface area contributed by atoms with Crippen LogP contribution in [0.5, 0.6) is 0 Å². The van der Waals surface area contributed by atoms with E-state index in [1.54, 1.807) is 19.2 Å². The Labute approximate surface area is 142 Å². The average molecular weight is 339 g/mol. The molecule has 0 aliphatic carbocycles. The predicted octanol–water partition coefficient (Wildman–Crippen LogP) is 1.93. The smallest absolute Gasteiger partial charge is 0.313 e. The number of ether oxygens (including phenoxy) is 1. The third kappa shape index (κ3) is 4.53. The first-order valence-corrected chi connectivity index (χ1v) is 8.35. The van der Waals surface area contributed by atoms with Gasteiger partial charge in [0.2, 0.25) is 0 Å². The molecule has 2 rings (SSSR count). The number of hydrogen-bond acceptors (Lipinski definition) is 4. The van der Waals surface area contributed by atoms with E-state index < -0.39 is 23.3 Å². The van der Waals surface area contributed by atoms with Crippen molar-refractivity contribution in [2.75, 3.05) is 33.4 Å². The van der Waals surface area contributed by atoms with Crippen LogP contribution in [-0.2, 0) is 16.0 Å². The molecule has 1 aliphatic rings. The van der Waals surface area contributed by atoms with Gasteiger partial charge in [-0.3, -0.25) is 4.79 Å². The molecular formula is C18H26FNO4. The summed E-state index contributed by atoms with van der Waals surface area (Å²) in [5, 5.41) is 20.2. The maximum atomic E-state index is 13.4. The van der Waals surface area contributed by atoms with Crippen molar-refractivity contribution in [3.05, 3.63) is 35.6 Å². The molecule has 1 fully saturated rings. The van der Waals surface area contributed by atoms with Gasteiger partial charge in [-0.1, -0.05) is 12.1 Å². The number of piperidine rings is 1. The summed E-state index contributed by atoms with van der Waals surface area (Å²) in [6.45, 7) is 2.40. The Balaban J connectivity index is 2.11. The van der Waals surface area contributed by atoms with E-state index in [0.29, 0.717) is 25.1 Å². The number of likely N-dealkylation sites (tertiary alicyclic amines) is 1. The van der Waals surface area contributed by atoms with Gasteiger partial charge in [0, 0.05) is 26.8 Å². The zero-order valence-electron chi connectivity index (χ0n) is 14.1. The number of carbonyl (C=O) groups is 1. The maximum Gasteiger partial charge on any atom is 0.313 e. The zero-order chi connectivity index (χ0) is 17.6. The number of methoxy groups -OCH3 is 1. The van der Waals surface area contributed by atoms with Crippen molar-refractivity contribution in [3.63, 3.8) is 0 Å². The van der Waals surface area contributed by atoms with Crippen LogP contribution < -0.4 is 0 Å². The van der Waals surface area contributed by atoms with Crippen molar-refractivity contribution in [1.29, 1.82) is 0 Å². The van der Waals surface area contributed by atoms with Crippen molar-refractivity contribution in [3.8, 4) is 0 Å². The molecule has 2 N–H and O–H groups in total. The number of aliphatic carboxylic acids is 1. The van der Waals surface area contributed by atoms with Gasteiger partial charge < -0.3 is 19.8 Å². The SMILES string of the molecule is COCCCCN1CC[C@H](O)[C@](Cc2cccc(F)c2)(C(=O)O)C1. The number of nitrogens with zero attached hydrogens (tertiary/aromatic N) is 1. The molecule has 1 heterocycles. The second kappa shape index (κ2) is 8.55. The standard InChI is InChI=1S/C18H26FNO4/c1-24-10-3-2-8-20-9-7-16(21)18(13-20,17(22)23)12-14-5-4-6-15(19)11-14/h4-6,11,16,21H,2-3,7-10,12-13H2,1H3,(H,22,23)/t16-,18+/m0/s1. The number of hydrogen-bond donors (Lipinski definition) is 2. The third-order valence-electron chi connectivity index (χ3n) is 4.77. The first-order chi connectivity index (χ1) is 11.5. The summed E-state index contributed by atoms with van der Waals surface area (Å²) in [6.07, 6.45) is 1.43. The summed E-state index contributed by atoms with van der Waals surface area (Å²) in [7, 11) is 1.66. The Hall–Kier alpha value is -1.50. The molecule has 0 saturated carbocycles. The Morgan fingerprint density at radius 2 is 2.25 bits per heavy atom. The normalized spacial score (nSPS) is 24.9. The van der Waals surface area contributed by atoms with E-state index in [-0.39, 0.29) is 13.0 Å². The van der Waals surface area contributed by atoms with Crippen molar-refractivity contribution in [2.45, 2.75) is 31.8 Å². The second-order valence-corrected chi connectivity index (χ2v) is 6.55. The fourth-order valence-corrected chi connectivity index (χ4v) is 3.41. The van der Waals surface area contributed by atoms with E-state index in [4.69, 9.17) is 4.74 Å². The summed E-state index contributed by atoms with van der Waals surface area (Å²) >= 11 is 0. The molecule has 0 bridgehead atoms. The van der Waals surface area contributed by atoms with Gasteiger partial charge in [0.1, 0.15) is 11.2 Å². The van der Waals surface area contributed by atoms with Crippen molar-refractivity contribution in [1.82, 2.24) is 4.90 Å². The lowest BCUT2D eigenvalue weighted by Gasteiger charge is -2.43. The average Bonchev–Trinajstić information content (AvgIpc) is 2.54. The predicted molar refractivity (Wildman–Crippen MR) is 88.3 cm³/mol. The minimum absolute atomic E-state index is 0.121. The van der Waals surface area contributed by atoms with E-state index in [2.05, 4.69) is 4.90 Å². The number of carboxylic acids is 1. The summed E-state index contributed by atoms with van der Waals surface area (Å²) in [5.74, 6) is -1.42. The number of benzene rings is 1. The van der Waals surface area contributed by atoms with Crippen LogP contribution in [-0.4, -0.2) is 60.5 Å². The Kier molecular flexibility index (Phi) is 6.71. The van der Waals surface area contributed by atoms with Gasteiger partial charge >= 0.3 is 5.97 Å². The zero-order valence-corrected chi connectivity index (χ0v) is 14.1. The number of aliphatic hydroxyl groups is 1. The van der Waals surface area contributed by atoms with Crippen LogP contribution in [0.3, 0.4) is 0 Å². The van der Waals surface area contributed by atoms with E-state index >= 15 is 0 Å². The number of carboxylic acid groups (broad SMARTS) is 1. The van der Waals surface area contributed by atoms with Gasteiger partial charge in [-0.2, -0.15) is 0 Å². The van der Waals surface area contributed by atoms with E-state index in [1.165, 1.54) is 12.1 Å². The second-order valence-electron chi connectivity index (χ2n) is 6.55. The summed E-state index contributed by atoms with van der Waals surface area (Å²) in [5.41, 5.74) is -0.703. The van der Waals surface area contributed by atoms with Gasteiger partial charge in [-0.05, 0) is 49.9 Å². The number of halogens is 1. The summed E-state index contributed by atoms with van der Waals surface area (Å²) < 4.78 is 18.5. The highest BCUT2D eigenvalue weighted by atomic mass is 19.1. The fourth-order valence-electron chi connectivity index (χ4n) is 3.41. The van der Waals surface area contributed by atoms with E-state index in [0.717, 1.165) is 19.4 Å². The first kappa shape index (κ1) is 18.8. The van der Waals surface area contributed by atoms with Crippen LogP contribution in [0.2, 0.25) is 0 Å². The topological polar surface area (TPSA) is 70.0 Å². The highest BCUT2D eigenvalue weighted by Gasteiger charge is 2.49. The molecule has 0 unspecified atom stereocenters. The number of unbranched alkanes of at least 4 members (excludes halogenated alkanes) is 1. The molecule has 0 spiro atoms. The van der Waals surface area contributed by atoms with Crippen LogP contribution in [0.15, 0.2) is 24.3 Å². The third-order valence-corrected chi connectivity index (χ3v) is 4.77. The highest BCUT2D eigenvalue weighted by molar-refractivity contribution is 5.76. The fraction of sp³-hybridized carbons (Fsp3) is 0.611. The lowest BCUT2D eigenvalue weighted by atomic mass is 9.73. The van der Waals surface area contributed by atoms with Gasteiger partial charge in [0.05, 0.1) is 6.10 Å². The molecular weight excluding hydrogens is 313 g/mol. The Morgan fingerprint density at radius 1 is 1.46 bits per heavy atom. The molecule has 1 saturated heterocycles. The van der Waals surface area contributed by atoms with Gasteiger partial charge in [0.15, 0.2) is 0 Å². The maximum absolute atomic E-state index is 13.4. The molecule has 2 atom stereocenters. The minimum Gasteiger partial charge on any atom is -0.481 e. The Bertz CT molecular complexity index is 554. The van der Waals surface area contributed by atoms with Crippen LogP contribution in [0.1, 0.15) is 24.8 Å². The van der Waals surface area contributed by atoms with Crippen molar-refractivity contribution >= 4 is 5.97 Å².